The molecule has 1 heterocycles. The van der Waals surface area contributed by atoms with E-state index >= 15 is 0 Å². The zero-order valence-electron chi connectivity index (χ0n) is 11.5. The molecule has 0 amide bonds. The van der Waals surface area contributed by atoms with Crippen LogP contribution in [-0.4, -0.2) is 11.0 Å². The van der Waals surface area contributed by atoms with Crippen molar-refractivity contribution in [2.75, 3.05) is 5.32 Å². The van der Waals surface area contributed by atoms with E-state index in [-0.39, 0.29) is 0 Å². The van der Waals surface area contributed by atoms with Gasteiger partial charge in [0.1, 0.15) is 0 Å². The van der Waals surface area contributed by atoms with E-state index in [2.05, 4.69) is 48.4 Å². The Labute approximate surface area is 110 Å². The van der Waals surface area contributed by atoms with Crippen LogP contribution in [0.5, 0.6) is 0 Å². The number of rotatable bonds is 3. The van der Waals surface area contributed by atoms with Gasteiger partial charge in [-0.25, -0.2) is 0 Å². The molecule has 2 nitrogen and oxygen atoms in total. The zero-order chi connectivity index (χ0) is 12.7. The summed E-state index contributed by atoms with van der Waals surface area (Å²) in [5.41, 5.74) is 3.40. The van der Waals surface area contributed by atoms with Gasteiger partial charge >= 0.3 is 0 Å². The topological polar surface area (TPSA) is 24.9 Å². The largest absolute Gasteiger partial charge is 0.381 e. The fourth-order valence-electron chi connectivity index (χ4n) is 3.59. The molecule has 1 fully saturated rings. The second kappa shape index (κ2) is 4.42. The zero-order valence-corrected chi connectivity index (χ0v) is 11.5. The van der Waals surface area contributed by atoms with Crippen LogP contribution in [0.3, 0.4) is 0 Å². The third kappa shape index (κ3) is 2.05. The predicted octanol–water partition coefficient (Wildman–Crippen LogP) is 3.71. The van der Waals surface area contributed by atoms with Crippen molar-refractivity contribution in [1.29, 1.82) is 0 Å². The molecule has 0 radical (unpaired) electrons. The maximum Gasteiger partial charge on any atom is 0.0606 e. The number of nitrogens with one attached hydrogen (secondary N) is 1. The second-order valence-corrected chi connectivity index (χ2v) is 5.96. The Bertz CT molecular complexity index is 478. The standard InChI is InChI=1S/C16H22N2/c1-10-4-7-16(12(3)17-10)18-11(2)15-9-13-5-6-14(15)8-13/h4-7,11,13-15,18H,8-9H2,1-3H3. The fourth-order valence-corrected chi connectivity index (χ4v) is 3.59. The first kappa shape index (κ1) is 11.8. The normalized spacial score (nSPS) is 30.7. The number of allylic oxidation sites excluding steroid dienone is 2. The minimum Gasteiger partial charge on any atom is -0.381 e. The number of pyridine rings is 1. The first-order chi connectivity index (χ1) is 8.63. The number of hydrogen-bond acceptors (Lipinski definition) is 2. The molecule has 4 unspecified atom stereocenters. The lowest BCUT2D eigenvalue weighted by Gasteiger charge is -2.27. The highest BCUT2D eigenvalue weighted by atomic mass is 14.9. The molecule has 18 heavy (non-hydrogen) atoms. The summed E-state index contributed by atoms with van der Waals surface area (Å²) in [5.74, 6) is 2.44. The van der Waals surface area contributed by atoms with Crippen molar-refractivity contribution in [1.82, 2.24) is 4.98 Å². The van der Waals surface area contributed by atoms with Gasteiger partial charge in [0.2, 0.25) is 0 Å². The van der Waals surface area contributed by atoms with Crippen LogP contribution in [-0.2, 0) is 0 Å². The predicted molar refractivity (Wildman–Crippen MR) is 75.6 cm³/mol. The molecule has 0 aromatic carbocycles. The van der Waals surface area contributed by atoms with Crippen LogP contribution in [0.25, 0.3) is 0 Å². The van der Waals surface area contributed by atoms with Gasteiger partial charge in [-0.05, 0) is 63.5 Å². The summed E-state index contributed by atoms with van der Waals surface area (Å²) in [6.07, 6.45) is 7.57. The van der Waals surface area contributed by atoms with Gasteiger partial charge in [-0.3, -0.25) is 4.98 Å². The Kier molecular flexibility index (Phi) is 2.89. The number of aryl methyl sites for hydroxylation is 2. The molecule has 0 spiro atoms. The lowest BCUT2D eigenvalue weighted by molar-refractivity contribution is 0.399. The highest BCUT2D eigenvalue weighted by Gasteiger charge is 2.38. The second-order valence-electron chi connectivity index (χ2n) is 5.96. The Hall–Kier alpha value is -1.31. The van der Waals surface area contributed by atoms with Crippen LogP contribution < -0.4 is 5.32 Å². The van der Waals surface area contributed by atoms with Gasteiger partial charge < -0.3 is 5.32 Å². The summed E-state index contributed by atoms with van der Waals surface area (Å²) < 4.78 is 0. The maximum atomic E-state index is 4.52. The van der Waals surface area contributed by atoms with Crippen molar-refractivity contribution < 1.29 is 0 Å². The van der Waals surface area contributed by atoms with Gasteiger partial charge in [0.25, 0.3) is 0 Å². The summed E-state index contributed by atoms with van der Waals surface area (Å²) in [4.78, 5) is 4.52. The van der Waals surface area contributed by atoms with E-state index in [0.29, 0.717) is 6.04 Å². The first-order valence-electron chi connectivity index (χ1n) is 7.02. The third-order valence-corrected chi connectivity index (χ3v) is 4.58. The summed E-state index contributed by atoms with van der Waals surface area (Å²) in [6, 6.07) is 4.79. The SMILES string of the molecule is Cc1ccc(NC(C)C2CC3C=CC2C3)c(C)n1. The van der Waals surface area contributed by atoms with E-state index in [0.717, 1.165) is 29.1 Å². The maximum absolute atomic E-state index is 4.52. The van der Waals surface area contributed by atoms with Gasteiger partial charge in [-0.2, -0.15) is 0 Å². The van der Waals surface area contributed by atoms with Crippen LogP contribution in [0.2, 0.25) is 0 Å². The number of anilines is 1. The molecular formula is C16H22N2. The van der Waals surface area contributed by atoms with Crippen LogP contribution in [0.1, 0.15) is 31.2 Å². The van der Waals surface area contributed by atoms with E-state index in [1.54, 1.807) is 0 Å². The van der Waals surface area contributed by atoms with E-state index in [4.69, 9.17) is 0 Å². The van der Waals surface area contributed by atoms with E-state index in [1.165, 1.54) is 18.5 Å². The van der Waals surface area contributed by atoms with Gasteiger partial charge in [0.15, 0.2) is 0 Å². The minimum absolute atomic E-state index is 0.535. The molecule has 2 aliphatic rings. The van der Waals surface area contributed by atoms with Gasteiger partial charge in [0, 0.05) is 11.7 Å². The monoisotopic (exact) mass is 242 g/mol. The van der Waals surface area contributed by atoms with E-state index in [1.807, 2.05) is 6.92 Å². The Morgan fingerprint density at radius 1 is 1.22 bits per heavy atom. The number of nitrogens with zero attached hydrogens (tertiary/aromatic N) is 1. The van der Waals surface area contributed by atoms with Crippen molar-refractivity contribution >= 4 is 5.69 Å². The van der Waals surface area contributed by atoms with Crippen molar-refractivity contribution in [3.63, 3.8) is 0 Å². The Morgan fingerprint density at radius 2 is 2.06 bits per heavy atom. The van der Waals surface area contributed by atoms with Crippen LogP contribution in [0.4, 0.5) is 5.69 Å². The van der Waals surface area contributed by atoms with Crippen molar-refractivity contribution in [2.24, 2.45) is 17.8 Å². The van der Waals surface area contributed by atoms with Gasteiger partial charge in [0.05, 0.1) is 11.4 Å². The Morgan fingerprint density at radius 3 is 2.67 bits per heavy atom. The molecule has 1 aromatic rings. The molecule has 1 aromatic heterocycles. The van der Waals surface area contributed by atoms with Gasteiger partial charge in [-0.15, -0.1) is 0 Å². The highest BCUT2D eigenvalue weighted by molar-refractivity contribution is 5.48. The first-order valence-corrected chi connectivity index (χ1v) is 7.02. The van der Waals surface area contributed by atoms with Crippen LogP contribution in [0, 0.1) is 31.6 Å². The molecule has 0 aliphatic heterocycles. The summed E-state index contributed by atoms with van der Waals surface area (Å²) in [7, 11) is 0. The molecule has 2 bridgehead atoms. The fraction of sp³-hybridized carbons (Fsp3) is 0.562. The van der Waals surface area contributed by atoms with Crippen LogP contribution in [0.15, 0.2) is 24.3 Å². The molecule has 96 valence electrons. The summed E-state index contributed by atoms with van der Waals surface area (Å²) >= 11 is 0. The van der Waals surface area contributed by atoms with E-state index in [9.17, 15) is 0 Å². The smallest absolute Gasteiger partial charge is 0.0606 e. The molecule has 4 atom stereocenters. The Balaban J connectivity index is 1.71. The molecular weight excluding hydrogens is 220 g/mol. The average molecular weight is 242 g/mol. The van der Waals surface area contributed by atoms with Gasteiger partial charge in [-0.1, -0.05) is 12.2 Å². The molecule has 1 N–H and O–H groups in total. The van der Waals surface area contributed by atoms with Crippen molar-refractivity contribution in [3.05, 3.63) is 35.7 Å². The number of fused-ring (bicyclic) bond motifs is 2. The number of aromatic nitrogens is 1. The van der Waals surface area contributed by atoms with Crippen LogP contribution >= 0.6 is 0 Å². The molecule has 3 rings (SSSR count). The average Bonchev–Trinajstić information content (AvgIpc) is 2.94. The highest BCUT2D eigenvalue weighted by Crippen LogP contribution is 2.45. The number of hydrogen-bond donors (Lipinski definition) is 1. The lowest BCUT2D eigenvalue weighted by Crippen LogP contribution is -2.29. The minimum atomic E-state index is 0.535. The lowest BCUT2D eigenvalue weighted by atomic mass is 9.87. The van der Waals surface area contributed by atoms with E-state index < -0.39 is 0 Å². The molecule has 2 aliphatic carbocycles. The molecule has 1 saturated carbocycles. The third-order valence-electron chi connectivity index (χ3n) is 4.58. The quantitative estimate of drug-likeness (QED) is 0.817. The molecule has 0 saturated heterocycles. The van der Waals surface area contributed by atoms with Crippen molar-refractivity contribution in [2.45, 2.75) is 39.7 Å². The summed E-state index contributed by atoms with van der Waals surface area (Å²) in [6.45, 7) is 6.45. The van der Waals surface area contributed by atoms with Crippen molar-refractivity contribution in [3.8, 4) is 0 Å². The summed E-state index contributed by atoms with van der Waals surface area (Å²) in [5, 5.41) is 3.67. The molecule has 2 heteroatoms.